The molecule has 9 heteroatoms. The van der Waals surface area contributed by atoms with Crippen LogP contribution in [0.25, 0.3) is 11.2 Å². The van der Waals surface area contributed by atoms with Crippen LogP contribution < -0.4 is 5.73 Å². The number of aliphatic hydroxyl groups excluding tert-OH is 2. The van der Waals surface area contributed by atoms with Gasteiger partial charge < -0.3 is 20.7 Å². The Hall–Kier alpha value is -1.05. The Balaban J connectivity index is 1.93. The number of nitrogen functional groups attached to an aromatic ring is 1. The van der Waals surface area contributed by atoms with Crippen molar-refractivity contribution in [3.63, 3.8) is 0 Å². The SMILES string of the molecule is C=P(C)(C)CC[C@H]1OC(n2c(SCCCC)nc3c(N)ccnc32)[C@H](O)[C@@H]1O. The van der Waals surface area contributed by atoms with E-state index in [1.54, 1.807) is 28.6 Å². The molecule has 0 aliphatic carbocycles. The first kappa shape index (κ1) is 21.7. The van der Waals surface area contributed by atoms with Crippen LogP contribution in [-0.2, 0) is 4.74 Å². The van der Waals surface area contributed by atoms with Crippen LogP contribution in [0.5, 0.6) is 0 Å². The van der Waals surface area contributed by atoms with Crippen LogP contribution >= 0.6 is 18.6 Å². The van der Waals surface area contributed by atoms with Crippen LogP contribution in [0.2, 0.25) is 0 Å². The van der Waals surface area contributed by atoms with E-state index in [0.29, 0.717) is 28.4 Å². The second-order valence-corrected chi connectivity index (χ2v) is 13.4. The molecule has 0 spiro atoms. The van der Waals surface area contributed by atoms with Gasteiger partial charge in [0.25, 0.3) is 0 Å². The minimum absolute atomic E-state index is 0.437. The highest BCUT2D eigenvalue weighted by Crippen LogP contribution is 2.41. The highest BCUT2D eigenvalue weighted by atomic mass is 32.2. The van der Waals surface area contributed by atoms with Crippen LogP contribution in [0.4, 0.5) is 5.69 Å². The van der Waals surface area contributed by atoms with Gasteiger partial charge in [0.05, 0.1) is 11.8 Å². The standard InChI is InChI=1S/C19H31N4O3PS/c1-5-6-11-28-19-22-14-12(20)7-9-21-17(14)23(19)18-16(25)15(24)13(26-18)8-10-27(2,3)4/h7,9,13,15-16,18,24-25H,2,5-6,8,10-11H2,1,3-4H3,(H2,20,21)/t13-,15-,16-,18?/m1/s1. The fraction of sp³-hybridized carbons (Fsp3) is 0.632. The smallest absolute Gasteiger partial charge is 0.172 e. The monoisotopic (exact) mass is 426 g/mol. The lowest BCUT2D eigenvalue weighted by Crippen LogP contribution is -2.32. The molecular weight excluding hydrogens is 395 g/mol. The highest BCUT2D eigenvalue weighted by Gasteiger charge is 2.45. The number of aromatic nitrogens is 3. The minimum Gasteiger partial charge on any atom is -0.397 e. The van der Waals surface area contributed by atoms with Gasteiger partial charge >= 0.3 is 0 Å². The number of thioether (sulfide) groups is 1. The molecule has 0 aromatic carbocycles. The van der Waals surface area contributed by atoms with Crippen molar-refractivity contribution >= 4 is 41.8 Å². The summed E-state index contributed by atoms with van der Waals surface area (Å²) in [6.07, 6.45) is 6.36. The maximum Gasteiger partial charge on any atom is 0.172 e. The molecule has 4 N–H and O–H groups in total. The first-order valence-corrected chi connectivity index (χ1v) is 13.7. The zero-order chi connectivity index (χ0) is 20.5. The quantitative estimate of drug-likeness (QED) is 0.338. The topological polar surface area (TPSA) is 106 Å². The van der Waals surface area contributed by atoms with Gasteiger partial charge in [-0.25, -0.2) is 9.97 Å². The number of hydrogen-bond donors (Lipinski definition) is 3. The third-order valence-electron chi connectivity index (χ3n) is 4.92. The van der Waals surface area contributed by atoms with Crippen LogP contribution in [-0.4, -0.2) is 74.6 Å². The predicted octanol–water partition coefficient (Wildman–Crippen LogP) is 2.62. The Morgan fingerprint density at radius 3 is 2.79 bits per heavy atom. The highest BCUT2D eigenvalue weighted by molar-refractivity contribution is 7.99. The second kappa shape index (κ2) is 8.76. The van der Waals surface area contributed by atoms with Crippen molar-refractivity contribution in [2.75, 3.05) is 31.0 Å². The molecule has 0 radical (unpaired) electrons. The normalized spacial score (nSPS) is 25.6. The lowest BCUT2D eigenvalue weighted by Gasteiger charge is -2.19. The van der Waals surface area contributed by atoms with Crippen molar-refractivity contribution in [3.05, 3.63) is 12.3 Å². The van der Waals surface area contributed by atoms with E-state index in [0.717, 1.165) is 24.8 Å². The Morgan fingerprint density at radius 2 is 2.11 bits per heavy atom. The summed E-state index contributed by atoms with van der Waals surface area (Å²) < 4.78 is 7.94. The number of aliphatic hydroxyl groups is 2. The fourth-order valence-electron chi connectivity index (χ4n) is 3.29. The molecule has 0 amide bonds. The number of nitrogens with zero attached hydrogens (tertiary/aromatic N) is 3. The molecule has 28 heavy (non-hydrogen) atoms. The van der Waals surface area contributed by atoms with Gasteiger partial charge in [-0.15, -0.1) is 13.2 Å². The number of fused-ring (bicyclic) bond motifs is 1. The Morgan fingerprint density at radius 1 is 1.36 bits per heavy atom. The first-order valence-electron chi connectivity index (χ1n) is 9.67. The fourth-order valence-corrected chi connectivity index (χ4v) is 5.34. The Kier molecular flexibility index (Phi) is 6.77. The predicted molar refractivity (Wildman–Crippen MR) is 119 cm³/mol. The van der Waals surface area contributed by atoms with Crippen molar-refractivity contribution in [2.45, 2.75) is 55.9 Å². The van der Waals surface area contributed by atoms with Crippen LogP contribution in [0.1, 0.15) is 32.4 Å². The van der Waals surface area contributed by atoms with E-state index in [9.17, 15) is 10.2 Å². The van der Waals surface area contributed by atoms with Crippen molar-refractivity contribution in [1.29, 1.82) is 0 Å². The van der Waals surface area contributed by atoms with E-state index in [1.165, 1.54) is 0 Å². The minimum atomic E-state index is -1.24. The van der Waals surface area contributed by atoms with Gasteiger partial charge in [-0.1, -0.05) is 25.1 Å². The molecule has 1 unspecified atom stereocenters. The average Bonchev–Trinajstić information content (AvgIpc) is 3.12. The molecule has 2 aromatic rings. The molecule has 0 saturated carbocycles. The van der Waals surface area contributed by atoms with Gasteiger partial charge in [-0.05, 0) is 38.4 Å². The maximum atomic E-state index is 10.8. The number of imidazole rings is 1. The number of rotatable bonds is 8. The number of anilines is 1. The molecule has 156 valence electrons. The first-order chi connectivity index (χ1) is 13.2. The van der Waals surface area contributed by atoms with Crippen LogP contribution in [0.3, 0.4) is 0 Å². The number of ether oxygens (including phenoxy) is 1. The molecule has 3 rings (SSSR count). The van der Waals surface area contributed by atoms with Crippen molar-refractivity contribution < 1.29 is 14.9 Å². The van der Waals surface area contributed by atoms with Gasteiger partial charge in [0.15, 0.2) is 17.0 Å². The summed E-state index contributed by atoms with van der Waals surface area (Å²) in [5, 5.41) is 22.0. The van der Waals surface area contributed by atoms with Gasteiger partial charge in [0.1, 0.15) is 17.7 Å². The Labute approximate surface area is 170 Å². The van der Waals surface area contributed by atoms with Gasteiger partial charge in [0, 0.05) is 11.9 Å². The number of nitrogens with two attached hydrogens (primary N) is 1. The van der Waals surface area contributed by atoms with Crippen LogP contribution in [0.15, 0.2) is 17.4 Å². The zero-order valence-corrected chi connectivity index (χ0v) is 18.5. The van der Waals surface area contributed by atoms with E-state index >= 15 is 0 Å². The molecular formula is C19H31N4O3PS. The lowest BCUT2D eigenvalue weighted by atomic mass is 10.1. The molecule has 1 fully saturated rings. The van der Waals surface area contributed by atoms with Crippen molar-refractivity contribution in [2.24, 2.45) is 0 Å². The van der Waals surface area contributed by atoms with E-state index in [2.05, 4.69) is 36.5 Å². The van der Waals surface area contributed by atoms with Gasteiger partial charge in [-0.2, -0.15) is 0 Å². The molecule has 1 saturated heterocycles. The summed E-state index contributed by atoms with van der Waals surface area (Å²) in [7, 11) is 0. The number of unbranched alkanes of at least 4 members (excludes halogenated alkanes) is 1. The van der Waals surface area contributed by atoms with E-state index < -0.39 is 31.4 Å². The Bertz CT molecular complexity index is 868. The largest absolute Gasteiger partial charge is 0.397 e. The molecule has 1 aliphatic heterocycles. The molecule has 1 aliphatic rings. The summed E-state index contributed by atoms with van der Waals surface area (Å²) >= 11 is 1.59. The van der Waals surface area contributed by atoms with Crippen molar-refractivity contribution in [3.8, 4) is 0 Å². The summed E-state index contributed by atoms with van der Waals surface area (Å²) in [6.45, 7) is 5.20. The molecule has 4 atom stereocenters. The summed E-state index contributed by atoms with van der Waals surface area (Å²) in [4.78, 5) is 9.09. The summed E-state index contributed by atoms with van der Waals surface area (Å²) in [5.74, 6) is 0.898. The maximum absolute atomic E-state index is 10.8. The molecule has 2 aromatic heterocycles. The number of hydrogen-bond acceptors (Lipinski definition) is 7. The molecule has 0 bridgehead atoms. The number of pyridine rings is 1. The van der Waals surface area contributed by atoms with Gasteiger partial charge in [-0.3, -0.25) is 4.57 Å². The summed E-state index contributed by atoms with van der Waals surface area (Å²) in [5.41, 5.74) is 7.80. The van der Waals surface area contributed by atoms with Gasteiger partial charge in [0.2, 0.25) is 0 Å². The second-order valence-electron chi connectivity index (χ2n) is 8.03. The average molecular weight is 427 g/mol. The van der Waals surface area contributed by atoms with E-state index in [1.807, 2.05) is 0 Å². The van der Waals surface area contributed by atoms with E-state index in [-0.39, 0.29) is 0 Å². The summed E-state index contributed by atoms with van der Waals surface area (Å²) in [6, 6.07) is 1.71. The molecule has 7 nitrogen and oxygen atoms in total. The zero-order valence-electron chi connectivity index (χ0n) is 16.8. The molecule has 3 heterocycles. The van der Waals surface area contributed by atoms with Crippen molar-refractivity contribution in [1.82, 2.24) is 14.5 Å². The lowest BCUT2D eigenvalue weighted by molar-refractivity contribution is -0.0400. The third-order valence-corrected chi connectivity index (χ3v) is 7.43. The van der Waals surface area contributed by atoms with E-state index in [4.69, 9.17) is 10.5 Å². The van der Waals surface area contributed by atoms with Crippen LogP contribution in [0, 0.1) is 0 Å². The third kappa shape index (κ3) is 4.57.